The van der Waals surface area contributed by atoms with Crippen molar-refractivity contribution in [2.75, 3.05) is 13.7 Å². The van der Waals surface area contributed by atoms with Crippen molar-refractivity contribution in [3.63, 3.8) is 0 Å². The van der Waals surface area contributed by atoms with Crippen molar-refractivity contribution in [2.24, 2.45) is 0 Å². The van der Waals surface area contributed by atoms with Crippen molar-refractivity contribution in [1.29, 1.82) is 0 Å². The Kier molecular flexibility index (Phi) is 6.92. The van der Waals surface area contributed by atoms with Crippen LogP contribution in [-0.2, 0) is 6.42 Å². The van der Waals surface area contributed by atoms with Gasteiger partial charge < -0.3 is 14.6 Å². The molecule has 5 rings (SSSR count). The Hall–Kier alpha value is -4.22. The van der Waals surface area contributed by atoms with E-state index in [-0.39, 0.29) is 0 Å². The summed E-state index contributed by atoms with van der Waals surface area (Å²) < 4.78 is 11.6. The number of carbonyl (C=O) groups excluding carboxylic acids is 1. The number of aliphatic hydroxyl groups excluding tert-OH is 1. The predicted molar refractivity (Wildman–Crippen MR) is 143 cm³/mol. The van der Waals surface area contributed by atoms with Gasteiger partial charge in [-0.15, -0.1) is 0 Å². The van der Waals surface area contributed by atoms with Gasteiger partial charge in [0.2, 0.25) is 0 Å². The monoisotopic (exact) mass is 477 g/mol. The first kappa shape index (κ1) is 23.5. The lowest BCUT2D eigenvalue weighted by atomic mass is 10.00. The van der Waals surface area contributed by atoms with Crippen LogP contribution in [0.5, 0.6) is 11.5 Å². The van der Waals surface area contributed by atoms with Gasteiger partial charge in [-0.05, 0) is 58.7 Å². The molecule has 0 bridgehead atoms. The lowest BCUT2D eigenvalue weighted by Crippen LogP contribution is -2.15. The molecule has 0 radical (unpaired) electrons. The first-order valence-corrected chi connectivity index (χ1v) is 12.0. The minimum absolute atomic E-state index is 0.351. The fraction of sp³-hybridized carbons (Fsp3) is 0.161. The molecule has 1 N–H and O–H groups in total. The summed E-state index contributed by atoms with van der Waals surface area (Å²) in [6.07, 6.45) is 3.00. The van der Waals surface area contributed by atoms with Crippen LogP contribution in [0.1, 0.15) is 22.3 Å². The zero-order valence-corrected chi connectivity index (χ0v) is 20.1. The molecule has 180 valence electrons. The fourth-order valence-corrected chi connectivity index (χ4v) is 4.47. The minimum Gasteiger partial charge on any atom is -0.497 e. The molecule has 0 aliphatic carbocycles. The number of pyridine rings is 1. The third-order valence-corrected chi connectivity index (χ3v) is 6.40. The minimum atomic E-state index is -0.526. The molecule has 0 aliphatic heterocycles. The van der Waals surface area contributed by atoms with Crippen LogP contribution >= 0.6 is 0 Å². The number of ether oxygens (including phenoxy) is 2. The van der Waals surface area contributed by atoms with Crippen LogP contribution in [0.2, 0.25) is 0 Å². The fourth-order valence-electron chi connectivity index (χ4n) is 4.47. The lowest BCUT2D eigenvalue weighted by molar-refractivity contribution is 0.112. The first-order valence-electron chi connectivity index (χ1n) is 12.0. The highest BCUT2D eigenvalue weighted by molar-refractivity contribution is 5.98. The van der Waals surface area contributed by atoms with E-state index in [4.69, 9.17) is 9.47 Å². The van der Waals surface area contributed by atoms with Gasteiger partial charge in [0.1, 0.15) is 11.5 Å². The van der Waals surface area contributed by atoms with Gasteiger partial charge in [-0.3, -0.25) is 9.78 Å². The smallest absolute Gasteiger partial charge is 0.150 e. The molecule has 5 nitrogen and oxygen atoms in total. The van der Waals surface area contributed by atoms with Crippen LogP contribution in [0.4, 0.5) is 0 Å². The summed E-state index contributed by atoms with van der Waals surface area (Å²) in [4.78, 5) is 15.9. The van der Waals surface area contributed by atoms with E-state index >= 15 is 0 Å². The SMILES string of the molecule is COc1ccc(-c2ccc3nccc(C=O)c3c2)c(OCCC(O)Cc2ccc3ccccc3c2)c1. The molecule has 1 unspecified atom stereocenters. The van der Waals surface area contributed by atoms with E-state index in [0.29, 0.717) is 36.5 Å². The molecule has 4 aromatic carbocycles. The molecular weight excluding hydrogens is 450 g/mol. The van der Waals surface area contributed by atoms with Crippen LogP contribution in [0.25, 0.3) is 32.8 Å². The number of hydrogen-bond donors (Lipinski definition) is 1. The normalized spacial score (nSPS) is 11.9. The molecule has 1 aromatic heterocycles. The van der Waals surface area contributed by atoms with E-state index in [2.05, 4.69) is 35.3 Å². The predicted octanol–water partition coefficient (Wildman–Crippen LogP) is 6.25. The number of nitrogens with zero attached hydrogens (tertiary/aromatic N) is 1. The molecule has 0 spiro atoms. The van der Waals surface area contributed by atoms with Gasteiger partial charge in [0, 0.05) is 35.2 Å². The molecule has 5 heteroatoms. The average molecular weight is 478 g/mol. The number of methoxy groups -OCH3 is 1. The molecule has 0 amide bonds. The highest BCUT2D eigenvalue weighted by atomic mass is 16.5. The van der Waals surface area contributed by atoms with E-state index in [1.165, 1.54) is 10.8 Å². The van der Waals surface area contributed by atoms with Gasteiger partial charge in [-0.1, -0.05) is 48.5 Å². The molecule has 36 heavy (non-hydrogen) atoms. The summed E-state index contributed by atoms with van der Waals surface area (Å²) in [5, 5.41) is 13.8. The van der Waals surface area contributed by atoms with E-state index in [0.717, 1.165) is 33.9 Å². The zero-order valence-electron chi connectivity index (χ0n) is 20.1. The summed E-state index contributed by atoms with van der Waals surface area (Å²) >= 11 is 0. The molecule has 0 aliphatic rings. The van der Waals surface area contributed by atoms with Crippen LogP contribution in [0.15, 0.2) is 91.1 Å². The number of aromatic nitrogens is 1. The molecule has 5 aromatic rings. The number of carbonyl (C=O) groups is 1. The van der Waals surface area contributed by atoms with Crippen LogP contribution in [-0.4, -0.2) is 36.2 Å². The molecule has 0 saturated carbocycles. The third-order valence-electron chi connectivity index (χ3n) is 6.40. The summed E-state index contributed by atoms with van der Waals surface area (Å²) in [6.45, 7) is 0.351. The number of fused-ring (bicyclic) bond motifs is 2. The van der Waals surface area contributed by atoms with E-state index in [1.54, 1.807) is 19.4 Å². The molecular formula is C31H27NO4. The Morgan fingerprint density at radius 3 is 2.64 bits per heavy atom. The van der Waals surface area contributed by atoms with E-state index < -0.39 is 6.10 Å². The van der Waals surface area contributed by atoms with Crippen LogP contribution < -0.4 is 9.47 Å². The molecule has 1 atom stereocenters. The number of benzene rings is 4. The maximum absolute atomic E-state index is 11.5. The quantitative estimate of drug-likeness (QED) is 0.254. The van der Waals surface area contributed by atoms with Gasteiger partial charge in [-0.2, -0.15) is 0 Å². The van der Waals surface area contributed by atoms with Gasteiger partial charge in [-0.25, -0.2) is 0 Å². The van der Waals surface area contributed by atoms with Crippen molar-refractivity contribution in [3.8, 4) is 22.6 Å². The number of aldehydes is 1. The second-order valence-electron chi connectivity index (χ2n) is 8.79. The van der Waals surface area contributed by atoms with Crippen molar-refractivity contribution < 1.29 is 19.4 Å². The summed E-state index contributed by atoms with van der Waals surface area (Å²) in [6, 6.07) is 27.7. The Morgan fingerprint density at radius 2 is 1.81 bits per heavy atom. The van der Waals surface area contributed by atoms with Crippen molar-refractivity contribution in [3.05, 3.63) is 102 Å². The highest BCUT2D eigenvalue weighted by Crippen LogP contribution is 2.35. The Balaban J connectivity index is 1.32. The maximum Gasteiger partial charge on any atom is 0.150 e. The Labute approximate surface area is 210 Å². The highest BCUT2D eigenvalue weighted by Gasteiger charge is 2.13. The number of rotatable bonds is 9. The van der Waals surface area contributed by atoms with Gasteiger partial charge >= 0.3 is 0 Å². The van der Waals surface area contributed by atoms with Gasteiger partial charge in [0.25, 0.3) is 0 Å². The second-order valence-corrected chi connectivity index (χ2v) is 8.79. The largest absolute Gasteiger partial charge is 0.497 e. The number of aliphatic hydroxyl groups is 1. The lowest BCUT2D eigenvalue weighted by Gasteiger charge is -2.16. The molecule has 1 heterocycles. The standard InChI is InChI=1S/C31H27NO4/c1-35-27-9-10-28(24-8-11-30-29(18-24)25(20-33)12-14-32-30)31(19-27)36-15-13-26(34)17-21-6-7-22-4-2-3-5-23(22)16-21/h2-12,14,16,18-20,26,34H,13,15,17H2,1H3. The molecule has 0 saturated heterocycles. The average Bonchev–Trinajstić information content (AvgIpc) is 2.92. The summed E-state index contributed by atoms with van der Waals surface area (Å²) in [7, 11) is 1.62. The Bertz CT molecular complexity index is 1530. The summed E-state index contributed by atoms with van der Waals surface area (Å²) in [5.41, 5.74) is 4.24. The van der Waals surface area contributed by atoms with Crippen LogP contribution in [0.3, 0.4) is 0 Å². The maximum atomic E-state index is 11.5. The zero-order chi connectivity index (χ0) is 24.9. The van der Waals surface area contributed by atoms with E-state index in [1.807, 2.05) is 48.5 Å². The van der Waals surface area contributed by atoms with Crippen molar-refractivity contribution >= 4 is 28.0 Å². The number of hydrogen-bond acceptors (Lipinski definition) is 5. The van der Waals surface area contributed by atoms with Gasteiger partial charge in [0.05, 0.1) is 25.3 Å². The first-order chi connectivity index (χ1) is 17.6. The summed E-state index contributed by atoms with van der Waals surface area (Å²) in [5.74, 6) is 1.34. The van der Waals surface area contributed by atoms with Gasteiger partial charge in [0.15, 0.2) is 6.29 Å². The molecule has 0 fully saturated rings. The third kappa shape index (κ3) is 5.07. The van der Waals surface area contributed by atoms with E-state index in [9.17, 15) is 9.90 Å². The topological polar surface area (TPSA) is 68.7 Å². The van der Waals surface area contributed by atoms with Crippen molar-refractivity contribution in [2.45, 2.75) is 18.9 Å². The van der Waals surface area contributed by atoms with Crippen molar-refractivity contribution in [1.82, 2.24) is 4.98 Å². The van der Waals surface area contributed by atoms with Crippen LogP contribution in [0, 0.1) is 0 Å². The second kappa shape index (κ2) is 10.6. The Morgan fingerprint density at radius 1 is 0.944 bits per heavy atom.